The van der Waals surface area contributed by atoms with Crippen LogP contribution >= 0.6 is 24.0 Å². The Balaban J connectivity index is 1.78. The number of fused-ring (bicyclic) bond motifs is 2. The zero-order valence-corrected chi connectivity index (χ0v) is 17.2. The summed E-state index contributed by atoms with van der Waals surface area (Å²) in [6.07, 6.45) is 1.81. The lowest BCUT2D eigenvalue weighted by molar-refractivity contribution is -0.122. The van der Waals surface area contributed by atoms with Crippen molar-refractivity contribution in [2.75, 3.05) is 18.8 Å². The normalized spacial score (nSPS) is 29.9. The van der Waals surface area contributed by atoms with E-state index in [0.29, 0.717) is 17.3 Å². The first-order valence-electron chi connectivity index (χ1n) is 7.88. The number of nitrogens with one attached hydrogen (secondary N) is 1. The molecule has 2 saturated heterocycles. The van der Waals surface area contributed by atoms with Crippen molar-refractivity contribution >= 4 is 61.0 Å². The van der Waals surface area contributed by atoms with E-state index in [1.165, 1.54) is 0 Å². The second kappa shape index (κ2) is 6.25. The molecule has 28 heavy (non-hydrogen) atoms. The number of quaternary nitrogens is 1. The minimum absolute atomic E-state index is 0.186. The summed E-state index contributed by atoms with van der Waals surface area (Å²) in [5.41, 5.74) is 0.583. The van der Waals surface area contributed by atoms with Crippen molar-refractivity contribution in [3.63, 3.8) is 0 Å². The maximum Gasteiger partial charge on any atom is 0.320 e. The summed E-state index contributed by atoms with van der Waals surface area (Å²) in [4.78, 5) is 16.7. The quantitative estimate of drug-likeness (QED) is 0.242. The van der Waals surface area contributed by atoms with E-state index in [1.807, 2.05) is 0 Å². The molecule has 0 aliphatic carbocycles. The number of carbonyl (C=O) groups is 1. The third kappa shape index (κ3) is 2.89. The summed E-state index contributed by atoms with van der Waals surface area (Å²) in [5, 5.41) is -0.641. The van der Waals surface area contributed by atoms with Gasteiger partial charge in [-0.25, -0.2) is 4.48 Å². The van der Waals surface area contributed by atoms with Gasteiger partial charge in [0.25, 0.3) is 21.1 Å². The lowest BCUT2D eigenvalue weighted by Gasteiger charge is -2.46. The molecule has 4 heterocycles. The van der Waals surface area contributed by atoms with Gasteiger partial charge in [0.2, 0.25) is 10.4 Å². The first kappa shape index (κ1) is 19.8. The Kier molecular flexibility index (Phi) is 4.42. The van der Waals surface area contributed by atoms with Crippen LogP contribution in [0.5, 0.6) is 0 Å². The third-order valence-corrected chi connectivity index (χ3v) is 8.38. The van der Waals surface area contributed by atoms with Crippen LogP contribution in [0.1, 0.15) is 6.42 Å². The summed E-state index contributed by atoms with van der Waals surface area (Å²) in [6.45, 7) is -0.0967. The minimum atomic E-state index is -4.43. The van der Waals surface area contributed by atoms with E-state index in [0.717, 1.165) is 16.7 Å². The average Bonchev–Trinajstić information content (AvgIpc) is 3.14. The maximum atomic E-state index is 12.8. The van der Waals surface area contributed by atoms with Crippen molar-refractivity contribution in [2.24, 2.45) is 0 Å². The summed E-state index contributed by atoms with van der Waals surface area (Å²) in [6, 6.07) is 1.67. The highest BCUT2D eigenvalue weighted by Crippen LogP contribution is 2.58. The molecule has 15 heteroatoms. The van der Waals surface area contributed by atoms with E-state index in [9.17, 15) is 26.2 Å². The molecule has 4 rings (SSSR count). The number of carbonyl (C=O) groups excluding carboxylic acids is 1. The second-order valence-corrected chi connectivity index (χ2v) is 10.9. The zero-order chi connectivity index (χ0) is 20.5. The summed E-state index contributed by atoms with van der Waals surface area (Å²) >= 11 is 6.09. The van der Waals surface area contributed by atoms with Crippen molar-refractivity contribution in [1.82, 2.24) is 14.4 Å². The van der Waals surface area contributed by atoms with Gasteiger partial charge in [-0.15, -0.1) is 0 Å². The van der Waals surface area contributed by atoms with Crippen molar-refractivity contribution < 1.29 is 35.5 Å². The molecule has 1 spiro atoms. The van der Waals surface area contributed by atoms with E-state index < -0.39 is 43.8 Å². The first-order chi connectivity index (χ1) is 12.9. The molecule has 3 aliphatic rings. The van der Waals surface area contributed by atoms with Gasteiger partial charge in [0.1, 0.15) is 5.03 Å². The first-order valence-corrected chi connectivity index (χ1v) is 12.2. The van der Waals surface area contributed by atoms with Gasteiger partial charge in [-0.05, 0) is 24.0 Å². The van der Waals surface area contributed by atoms with Gasteiger partial charge in [-0.3, -0.25) is 18.8 Å². The van der Waals surface area contributed by atoms with Gasteiger partial charge in [-0.2, -0.15) is 16.8 Å². The van der Waals surface area contributed by atoms with E-state index >= 15 is 0 Å². The monoisotopic (exact) mass is 468 g/mol. The van der Waals surface area contributed by atoms with Gasteiger partial charge < -0.3 is 9.72 Å². The molecule has 0 radical (unpaired) electrons. The third-order valence-electron chi connectivity index (χ3n) is 4.86. The molecule has 1 aromatic rings. The van der Waals surface area contributed by atoms with Crippen molar-refractivity contribution in [3.05, 3.63) is 23.1 Å². The Bertz CT molecular complexity index is 1140. The van der Waals surface area contributed by atoms with Crippen molar-refractivity contribution in [2.45, 2.75) is 16.8 Å². The van der Waals surface area contributed by atoms with Crippen LogP contribution < -0.4 is 4.48 Å². The Morgan fingerprint density at radius 3 is 2.64 bits per heavy atom. The van der Waals surface area contributed by atoms with E-state index in [4.69, 9.17) is 21.5 Å². The summed E-state index contributed by atoms with van der Waals surface area (Å²) < 4.78 is 69.5. The molecule has 1 aromatic heterocycles. The van der Waals surface area contributed by atoms with E-state index in [2.05, 4.69) is 4.98 Å². The predicted octanol–water partition coefficient (Wildman–Crippen LogP) is 0.246. The predicted molar refractivity (Wildman–Crippen MR) is 102 cm³/mol. The minimum Gasteiger partial charge on any atom is -0.418 e. The smallest absolute Gasteiger partial charge is 0.320 e. The number of aromatic nitrogens is 1. The highest BCUT2D eigenvalue weighted by molar-refractivity contribution is 8.03. The molecule has 3 N–H and O–H groups in total. The summed E-state index contributed by atoms with van der Waals surface area (Å²) in [7, 11) is -8.76. The number of thiocarbonyl (C=S) groups is 1. The molecule has 3 aliphatic heterocycles. The Labute approximate surface area is 169 Å². The molecule has 152 valence electrons. The fourth-order valence-corrected chi connectivity index (χ4v) is 6.84. The Hall–Kier alpha value is -1.49. The Morgan fingerprint density at radius 1 is 1.36 bits per heavy atom. The number of amides is 1. The average molecular weight is 469 g/mol. The van der Waals surface area contributed by atoms with Gasteiger partial charge >= 0.3 is 16.0 Å². The Morgan fingerprint density at radius 2 is 2.07 bits per heavy atom. The molecule has 0 aromatic carbocycles. The highest BCUT2D eigenvalue weighted by atomic mass is 32.2. The van der Waals surface area contributed by atoms with Gasteiger partial charge in [-0.1, -0.05) is 0 Å². The second-order valence-electron chi connectivity index (χ2n) is 6.39. The standard InChI is InChI=1S/C13H13N3O8S4/c17-11-9(24-13(25)15(11)4-6-27(18,19)20)12-16(5-2-8(16)28(21,22)23)7-1-3-14-10(7)26-12/h1,3,8,14H,2,4-6H2,(H-,18,19,20,21,22,23)/p+1/b12-9+. The number of aromatic amines is 1. The largest absolute Gasteiger partial charge is 0.418 e. The molecule has 2 atom stereocenters. The van der Waals surface area contributed by atoms with Gasteiger partial charge in [0.15, 0.2) is 5.69 Å². The lowest BCUT2D eigenvalue weighted by Crippen LogP contribution is -2.67. The number of hydrogen-bond donors (Lipinski definition) is 3. The molecule has 1 amide bonds. The fraction of sp³-hybridized carbons (Fsp3) is 0.385. The molecule has 2 unspecified atom stereocenters. The van der Waals surface area contributed by atoms with Crippen molar-refractivity contribution in [3.8, 4) is 0 Å². The number of ether oxygens (including phenoxy) is 1. The van der Waals surface area contributed by atoms with Crippen LogP contribution in [0.2, 0.25) is 0 Å². The molecule has 0 bridgehead atoms. The molecular weight excluding hydrogens is 454 g/mol. The number of nitrogens with zero attached hydrogens (tertiary/aromatic N) is 2. The van der Waals surface area contributed by atoms with E-state index in [-0.39, 0.29) is 26.9 Å². The molecule has 2 fully saturated rings. The number of thioether (sulfide) groups is 1. The van der Waals surface area contributed by atoms with Crippen LogP contribution in [0.15, 0.2) is 28.1 Å². The number of rotatable bonds is 4. The molecule has 0 saturated carbocycles. The number of H-pyrrole nitrogens is 1. The fourth-order valence-electron chi connectivity index (χ4n) is 3.56. The molecule has 11 nitrogen and oxygen atoms in total. The van der Waals surface area contributed by atoms with Crippen LogP contribution in [0.25, 0.3) is 0 Å². The zero-order valence-electron chi connectivity index (χ0n) is 13.9. The van der Waals surface area contributed by atoms with Gasteiger partial charge in [0.05, 0.1) is 18.7 Å². The number of hydrogen-bond acceptors (Lipinski definition) is 8. The van der Waals surface area contributed by atoms with Gasteiger partial charge in [0, 0.05) is 18.8 Å². The molecular formula is C13H14N3O8S4+. The van der Waals surface area contributed by atoms with Crippen LogP contribution in [-0.4, -0.2) is 71.1 Å². The topological polar surface area (TPSA) is 154 Å². The summed E-state index contributed by atoms with van der Waals surface area (Å²) in [5.74, 6) is -1.69. The van der Waals surface area contributed by atoms with E-state index in [1.54, 1.807) is 12.3 Å². The van der Waals surface area contributed by atoms with Crippen LogP contribution in [-0.2, 0) is 29.8 Å². The lowest BCUT2D eigenvalue weighted by atomic mass is 10.1. The van der Waals surface area contributed by atoms with Crippen LogP contribution in [0.3, 0.4) is 0 Å². The maximum absolute atomic E-state index is 12.8. The highest BCUT2D eigenvalue weighted by Gasteiger charge is 2.65. The van der Waals surface area contributed by atoms with Crippen LogP contribution in [0.4, 0.5) is 5.69 Å². The SMILES string of the molecule is O=C1/C(=C2\Sc3[nH]ccc3[N+]23CCC3S(=O)(=O)O)OC(=S)N1CCS(=O)(=O)O. The van der Waals surface area contributed by atoms with Crippen LogP contribution in [0, 0.1) is 0 Å². The van der Waals surface area contributed by atoms with Crippen molar-refractivity contribution in [1.29, 1.82) is 0 Å².